The predicted octanol–water partition coefficient (Wildman–Crippen LogP) is 4.64. The summed E-state index contributed by atoms with van der Waals surface area (Å²) in [4.78, 5) is 0. The van der Waals surface area contributed by atoms with Gasteiger partial charge in [0.1, 0.15) is 5.82 Å². The second-order valence-electron chi connectivity index (χ2n) is 3.60. The van der Waals surface area contributed by atoms with Gasteiger partial charge in [0.2, 0.25) is 0 Å². The molecule has 2 aromatic carbocycles. The van der Waals surface area contributed by atoms with Crippen LogP contribution >= 0.6 is 15.9 Å². The van der Waals surface area contributed by atoms with E-state index in [-0.39, 0.29) is 5.82 Å². The number of rotatable bonds is 2. The molecule has 0 bridgehead atoms. The predicted molar refractivity (Wildman–Crippen MR) is 68.6 cm³/mol. The maximum Gasteiger partial charge on any atom is 0.123 e. The highest BCUT2D eigenvalue weighted by Gasteiger charge is 1.98. The minimum absolute atomic E-state index is 0.225. The molecule has 0 unspecified atom stereocenters. The molecule has 2 aromatic rings. The van der Waals surface area contributed by atoms with Crippen LogP contribution in [-0.2, 0) is 0 Å². The third kappa shape index (κ3) is 2.61. The van der Waals surface area contributed by atoms with E-state index in [2.05, 4.69) is 21.2 Å². The number of benzene rings is 2. The minimum atomic E-state index is -0.225. The maximum atomic E-state index is 12.7. The zero-order valence-electron chi connectivity index (χ0n) is 8.80. The highest BCUT2D eigenvalue weighted by molar-refractivity contribution is 9.10. The first kappa shape index (κ1) is 11.1. The fraction of sp³-hybridized carbons (Fsp3) is 0.0769. The molecule has 0 aliphatic heterocycles. The van der Waals surface area contributed by atoms with Gasteiger partial charge in [-0.1, -0.05) is 15.9 Å². The van der Waals surface area contributed by atoms with Crippen LogP contribution in [0.4, 0.5) is 15.8 Å². The Morgan fingerprint density at radius 2 is 1.62 bits per heavy atom. The average molecular weight is 280 g/mol. The number of nitrogens with one attached hydrogen (secondary N) is 1. The van der Waals surface area contributed by atoms with Gasteiger partial charge in [0.25, 0.3) is 0 Å². The van der Waals surface area contributed by atoms with E-state index in [4.69, 9.17) is 0 Å². The third-order valence-electron chi connectivity index (χ3n) is 2.29. The summed E-state index contributed by atoms with van der Waals surface area (Å²) in [6.45, 7) is 2.03. The summed E-state index contributed by atoms with van der Waals surface area (Å²) in [6, 6.07) is 12.3. The van der Waals surface area contributed by atoms with Crippen LogP contribution < -0.4 is 5.32 Å². The molecule has 3 heteroatoms. The Kier molecular flexibility index (Phi) is 3.25. The molecular weight excluding hydrogens is 269 g/mol. The average Bonchev–Trinajstić information content (AvgIpc) is 2.27. The van der Waals surface area contributed by atoms with Gasteiger partial charge in [-0.3, -0.25) is 0 Å². The van der Waals surface area contributed by atoms with Gasteiger partial charge >= 0.3 is 0 Å². The van der Waals surface area contributed by atoms with Crippen LogP contribution in [0.5, 0.6) is 0 Å². The number of anilines is 2. The third-order valence-corrected chi connectivity index (χ3v) is 3.18. The summed E-state index contributed by atoms with van der Waals surface area (Å²) in [5.41, 5.74) is 3.03. The molecule has 0 radical (unpaired) electrons. The second kappa shape index (κ2) is 4.66. The fourth-order valence-corrected chi connectivity index (χ4v) is 1.67. The summed E-state index contributed by atoms with van der Waals surface area (Å²) in [6.07, 6.45) is 0. The Labute approximate surface area is 102 Å². The summed E-state index contributed by atoms with van der Waals surface area (Å²) in [7, 11) is 0. The number of hydrogen-bond donors (Lipinski definition) is 1. The first-order valence-corrected chi connectivity index (χ1v) is 5.73. The van der Waals surface area contributed by atoms with E-state index in [1.54, 1.807) is 12.1 Å². The van der Waals surface area contributed by atoms with E-state index in [1.807, 2.05) is 25.1 Å². The Morgan fingerprint density at radius 1 is 1.00 bits per heavy atom. The summed E-state index contributed by atoms with van der Waals surface area (Å²) < 4.78 is 13.8. The van der Waals surface area contributed by atoms with Crippen LogP contribution in [0.1, 0.15) is 5.56 Å². The molecule has 82 valence electrons. The standard InChI is InChI=1S/C13H11BrFN/c1-9-8-12(6-7-13(9)14)16-11-4-2-10(15)3-5-11/h2-8,16H,1H3. The Bertz CT molecular complexity index is 494. The van der Waals surface area contributed by atoms with E-state index in [1.165, 1.54) is 12.1 Å². The van der Waals surface area contributed by atoms with Crippen molar-refractivity contribution in [3.63, 3.8) is 0 Å². The lowest BCUT2D eigenvalue weighted by Gasteiger charge is -2.07. The summed E-state index contributed by atoms with van der Waals surface area (Å²) in [5, 5.41) is 3.21. The highest BCUT2D eigenvalue weighted by Crippen LogP contribution is 2.22. The van der Waals surface area contributed by atoms with Crippen LogP contribution in [0.15, 0.2) is 46.9 Å². The van der Waals surface area contributed by atoms with Crippen molar-refractivity contribution in [2.75, 3.05) is 5.32 Å². The lowest BCUT2D eigenvalue weighted by molar-refractivity contribution is 0.628. The molecule has 0 atom stereocenters. The molecule has 0 aliphatic rings. The van der Waals surface area contributed by atoms with E-state index in [0.29, 0.717) is 0 Å². The highest BCUT2D eigenvalue weighted by atomic mass is 79.9. The van der Waals surface area contributed by atoms with Crippen LogP contribution in [0.3, 0.4) is 0 Å². The lowest BCUT2D eigenvalue weighted by Crippen LogP contribution is -1.91. The molecule has 0 heterocycles. The maximum absolute atomic E-state index is 12.7. The SMILES string of the molecule is Cc1cc(Nc2ccc(F)cc2)ccc1Br. The normalized spacial score (nSPS) is 10.2. The first-order valence-electron chi connectivity index (χ1n) is 4.94. The van der Waals surface area contributed by atoms with Crippen molar-refractivity contribution in [2.45, 2.75) is 6.92 Å². The topological polar surface area (TPSA) is 12.0 Å². The van der Waals surface area contributed by atoms with Gasteiger partial charge in [-0.15, -0.1) is 0 Å². The molecule has 16 heavy (non-hydrogen) atoms. The largest absolute Gasteiger partial charge is 0.356 e. The van der Waals surface area contributed by atoms with Gasteiger partial charge in [0.15, 0.2) is 0 Å². The van der Waals surface area contributed by atoms with E-state index >= 15 is 0 Å². The summed E-state index contributed by atoms with van der Waals surface area (Å²) >= 11 is 3.45. The Balaban J connectivity index is 2.20. The van der Waals surface area contributed by atoms with Crippen molar-refractivity contribution in [1.29, 1.82) is 0 Å². The van der Waals surface area contributed by atoms with Gasteiger partial charge in [-0.05, 0) is 55.0 Å². The van der Waals surface area contributed by atoms with Crippen molar-refractivity contribution in [3.05, 3.63) is 58.3 Å². The monoisotopic (exact) mass is 279 g/mol. The molecule has 0 fully saturated rings. The molecule has 2 rings (SSSR count). The van der Waals surface area contributed by atoms with Crippen molar-refractivity contribution < 1.29 is 4.39 Å². The van der Waals surface area contributed by atoms with E-state index < -0.39 is 0 Å². The zero-order chi connectivity index (χ0) is 11.5. The molecule has 0 amide bonds. The van der Waals surface area contributed by atoms with Crippen molar-refractivity contribution in [3.8, 4) is 0 Å². The van der Waals surface area contributed by atoms with Crippen molar-refractivity contribution in [2.24, 2.45) is 0 Å². The Morgan fingerprint density at radius 3 is 2.25 bits per heavy atom. The number of aryl methyl sites for hydroxylation is 1. The quantitative estimate of drug-likeness (QED) is 0.845. The molecule has 0 spiro atoms. The molecule has 0 saturated heterocycles. The molecule has 0 aromatic heterocycles. The van der Waals surface area contributed by atoms with Gasteiger partial charge in [-0.2, -0.15) is 0 Å². The number of hydrogen-bond acceptors (Lipinski definition) is 1. The van der Waals surface area contributed by atoms with E-state index in [9.17, 15) is 4.39 Å². The summed E-state index contributed by atoms with van der Waals surface area (Å²) in [5.74, 6) is -0.225. The van der Waals surface area contributed by atoms with Gasteiger partial charge in [0.05, 0.1) is 0 Å². The Hall–Kier alpha value is -1.35. The second-order valence-corrected chi connectivity index (χ2v) is 4.45. The van der Waals surface area contributed by atoms with Crippen LogP contribution in [0, 0.1) is 12.7 Å². The van der Waals surface area contributed by atoms with Gasteiger partial charge < -0.3 is 5.32 Å². The number of halogens is 2. The van der Waals surface area contributed by atoms with Crippen molar-refractivity contribution in [1.82, 2.24) is 0 Å². The fourth-order valence-electron chi connectivity index (χ4n) is 1.42. The first-order chi connectivity index (χ1) is 7.65. The molecular formula is C13H11BrFN. The van der Waals surface area contributed by atoms with Crippen molar-refractivity contribution >= 4 is 27.3 Å². The zero-order valence-corrected chi connectivity index (χ0v) is 10.4. The minimum Gasteiger partial charge on any atom is -0.356 e. The van der Waals surface area contributed by atoms with Gasteiger partial charge in [-0.25, -0.2) is 4.39 Å². The van der Waals surface area contributed by atoms with Crippen LogP contribution in [-0.4, -0.2) is 0 Å². The molecule has 0 saturated carbocycles. The molecule has 0 aliphatic carbocycles. The van der Waals surface area contributed by atoms with Gasteiger partial charge in [0, 0.05) is 15.8 Å². The lowest BCUT2D eigenvalue weighted by atomic mass is 10.2. The molecule has 1 N–H and O–H groups in total. The molecule has 1 nitrogen and oxygen atoms in total. The smallest absolute Gasteiger partial charge is 0.123 e. The van der Waals surface area contributed by atoms with Crippen LogP contribution in [0.25, 0.3) is 0 Å². The van der Waals surface area contributed by atoms with Crippen LogP contribution in [0.2, 0.25) is 0 Å². The van der Waals surface area contributed by atoms with E-state index in [0.717, 1.165) is 21.4 Å².